The Bertz CT molecular complexity index is 222. The molecule has 1 atom stereocenters. The fraction of sp³-hybridized carbons (Fsp3) is 0.909. The van der Waals surface area contributed by atoms with Gasteiger partial charge in [0.15, 0.2) is 0 Å². The van der Waals surface area contributed by atoms with E-state index in [2.05, 4.69) is 11.9 Å². The number of esters is 1. The smallest absolute Gasteiger partial charge is 0.332 e. The van der Waals surface area contributed by atoms with Crippen molar-refractivity contribution in [2.24, 2.45) is 0 Å². The Morgan fingerprint density at radius 2 is 2.13 bits per heavy atom. The van der Waals surface area contributed by atoms with E-state index >= 15 is 0 Å². The maximum atomic E-state index is 11.3. The first-order valence-corrected chi connectivity index (χ1v) is 5.39. The Morgan fingerprint density at radius 3 is 2.60 bits per heavy atom. The molecule has 0 aliphatic carbocycles. The van der Waals surface area contributed by atoms with E-state index in [-0.39, 0.29) is 18.7 Å². The summed E-state index contributed by atoms with van der Waals surface area (Å²) in [6, 6.07) is 0. The minimum atomic E-state index is -0.424. The number of likely N-dealkylation sites (N-methyl/N-ethyl adjacent to an activating group) is 1. The number of hydrogen-bond donors (Lipinski definition) is 0. The summed E-state index contributed by atoms with van der Waals surface area (Å²) in [6.45, 7) is 7.58. The molecule has 1 aliphatic rings. The van der Waals surface area contributed by atoms with E-state index in [1.165, 1.54) is 0 Å². The van der Waals surface area contributed by atoms with Crippen molar-refractivity contribution in [3.05, 3.63) is 0 Å². The summed E-state index contributed by atoms with van der Waals surface area (Å²) in [6.07, 6.45) is 1.18. The molecule has 1 aliphatic heterocycles. The van der Waals surface area contributed by atoms with E-state index in [0.29, 0.717) is 0 Å². The van der Waals surface area contributed by atoms with Gasteiger partial charge in [0.05, 0.1) is 6.10 Å². The second kappa shape index (κ2) is 4.94. The van der Waals surface area contributed by atoms with E-state index in [1.54, 1.807) is 0 Å². The zero-order valence-corrected chi connectivity index (χ0v) is 10.1. The monoisotopic (exact) mass is 215 g/mol. The minimum Gasteiger partial charge on any atom is -0.458 e. The molecule has 0 spiro atoms. The highest BCUT2D eigenvalue weighted by atomic mass is 16.6. The summed E-state index contributed by atoms with van der Waals surface area (Å²) in [7, 11) is 2.05. The molecule has 1 saturated heterocycles. The normalized spacial score (nSPS) is 23.1. The van der Waals surface area contributed by atoms with Crippen LogP contribution in [0.4, 0.5) is 0 Å². The van der Waals surface area contributed by atoms with Gasteiger partial charge in [0, 0.05) is 13.1 Å². The van der Waals surface area contributed by atoms with Crippen molar-refractivity contribution in [2.75, 3.05) is 26.7 Å². The van der Waals surface area contributed by atoms with Gasteiger partial charge < -0.3 is 14.4 Å². The Morgan fingerprint density at radius 1 is 1.47 bits per heavy atom. The van der Waals surface area contributed by atoms with Crippen molar-refractivity contribution >= 4 is 5.97 Å². The van der Waals surface area contributed by atoms with Crippen LogP contribution in [-0.2, 0) is 14.3 Å². The fourth-order valence-electron chi connectivity index (χ4n) is 1.59. The third kappa shape index (κ3) is 5.14. The van der Waals surface area contributed by atoms with E-state index < -0.39 is 5.60 Å². The van der Waals surface area contributed by atoms with Crippen molar-refractivity contribution in [3.8, 4) is 0 Å². The lowest BCUT2D eigenvalue weighted by Gasteiger charge is -2.20. The number of ether oxygens (including phenoxy) is 2. The number of rotatable bonds is 3. The van der Waals surface area contributed by atoms with Gasteiger partial charge in [-0.2, -0.15) is 0 Å². The van der Waals surface area contributed by atoms with Crippen LogP contribution in [0.25, 0.3) is 0 Å². The molecule has 0 aromatic rings. The molecule has 15 heavy (non-hydrogen) atoms. The lowest BCUT2D eigenvalue weighted by atomic mass is 10.2. The molecule has 4 heteroatoms. The van der Waals surface area contributed by atoms with Gasteiger partial charge >= 0.3 is 5.97 Å². The van der Waals surface area contributed by atoms with Crippen molar-refractivity contribution in [3.63, 3.8) is 0 Å². The van der Waals surface area contributed by atoms with E-state index in [9.17, 15) is 4.79 Å². The molecule has 0 saturated carbocycles. The number of carbonyl (C=O) groups excluding carboxylic acids is 1. The SMILES string of the molecule is CN1CC[C@@H](OCC(=O)OC(C)(C)C)C1. The number of likely N-dealkylation sites (tertiary alicyclic amines) is 1. The van der Waals surface area contributed by atoms with E-state index in [1.807, 2.05) is 20.8 Å². The highest BCUT2D eigenvalue weighted by Crippen LogP contribution is 2.11. The number of nitrogens with zero attached hydrogens (tertiary/aromatic N) is 1. The lowest BCUT2D eigenvalue weighted by Crippen LogP contribution is -2.29. The molecular formula is C11H21NO3. The largest absolute Gasteiger partial charge is 0.458 e. The van der Waals surface area contributed by atoms with Crippen LogP contribution in [0, 0.1) is 0 Å². The van der Waals surface area contributed by atoms with Crippen LogP contribution in [0.1, 0.15) is 27.2 Å². The summed E-state index contributed by atoms with van der Waals surface area (Å²) in [5, 5.41) is 0. The predicted octanol–water partition coefficient (Wildman–Crippen LogP) is 1.05. The highest BCUT2D eigenvalue weighted by Gasteiger charge is 2.22. The maximum Gasteiger partial charge on any atom is 0.332 e. The Balaban J connectivity index is 2.17. The summed E-state index contributed by atoms with van der Waals surface area (Å²) >= 11 is 0. The van der Waals surface area contributed by atoms with Crippen LogP contribution in [0.2, 0.25) is 0 Å². The van der Waals surface area contributed by atoms with Crippen LogP contribution in [-0.4, -0.2) is 49.3 Å². The molecular weight excluding hydrogens is 194 g/mol. The molecule has 1 rings (SSSR count). The predicted molar refractivity (Wildman–Crippen MR) is 57.7 cm³/mol. The van der Waals surface area contributed by atoms with Gasteiger partial charge in [0.2, 0.25) is 0 Å². The Labute approximate surface area is 91.5 Å². The van der Waals surface area contributed by atoms with Gasteiger partial charge in [-0.25, -0.2) is 4.79 Å². The second-order valence-corrected chi connectivity index (χ2v) is 5.07. The van der Waals surface area contributed by atoms with Crippen LogP contribution < -0.4 is 0 Å². The van der Waals surface area contributed by atoms with Crippen molar-refractivity contribution < 1.29 is 14.3 Å². The van der Waals surface area contributed by atoms with Crippen LogP contribution in [0.3, 0.4) is 0 Å². The lowest BCUT2D eigenvalue weighted by molar-refractivity contribution is -0.162. The molecule has 1 heterocycles. The first kappa shape index (κ1) is 12.5. The van der Waals surface area contributed by atoms with Gasteiger partial charge in [-0.05, 0) is 34.2 Å². The van der Waals surface area contributed by atoms with Gasteiger partial charge in [-0.3, -0.25) is 0 Å². The van der Waals surface area contributed by atoms with Crippen LogP contribution >= 0.6 is 0 Å². The first-order chi connectivity index (χ1) is 6.87. The first-order valence-electron chi connectivity index (χ1n) is 5.39. The molecule has 0 amide bonds. The molecule has 0 unspecified atom stereocenters. The van der Waals surface area contributed by atoms with Gasteiger partial charge in [0.25, 0.3) is 0 Å². The molecule has 0 bridgehead atoms. The molecule has 0 N–H and O–H groups in total. The Kier molecular flexibility index (Phi) is 4.11. The van der Waals surface area contributed by atoms with E-state index in [0.717, 1.165) is 19.5 Å². The van der Waals surface area contributed by atoms with Gasteiger partial charge in [-0.15, -0.1) is 0 Å². The highest BCUT2D eigenvalue weighted by molar-refractivity contribution is 5.71. The molecule has 88 valence electrons. The standard InChI is InChI=1S/C11H21NO3/c1-11(2,3)15-10(13)8-14-9-5-6-12(4)7-9/h9H,5-8H2,1-4H3/t9-/m1/s1. The second-order valence-electron chi connectivity index (χ2n) is 5.07. The topological polar surface area (TPSA) is 38.8 Å². The average molecular weight is 215 g/mol. The molecule has 0 aromatic heterocycles. The molecule has 1 fully saturated rings. The number of hydrogen-bond acceptors (Lipinski definition) is 4. The summed E-state index contributed by atoms with van der Waals surface area (Å²) in [4.78, 5) is 13.5. The molecule has 4 nitrogen and oxygen atoms in total. The van der Waals surface area contributed by atoms with Crippen molar-refractivity contribution in [2.45, 2.75) is 38.9 Å². The maximum absolute atomic E-state index is 11.3. The number of carbonyl (C=O) groups is 1. The zero-order chi connectivity index (χ0) is 11.5. The minimum absolute atomic E-state index is 0.0653. The molecule has 0 aromatic carbocycles. The fourth-order valence-corrected chi connectivity index (χ4v) is 1.59. The quantitative estimate of drug-likeness (QED) is 0.660. The Hall–Kier alpha value is -0.610. The zero-order valence-electron chi connectivity index (χ0n) is 10.1. The summed E-state index contributed by atoms with van der Waals surface area (Å²) in [5.74, 6) is -0.281. The summed E-state index contributed by atoms with van der Waals surface area (Å²) < 4.78 is 10.6. The van der Waals surface area contributed by atoms with E-state index in [4.69, 9.17) is 9.47 Å². The molecule has 0 radical (unpaired) electrons. The van der Waals surface area contributed by atoms with Crippen molar-refractivity contribution in [1.82, 2.24) is 4.90 Å². The summed E-state index contributed by atoms with van der Waals surface area (Å²) in [5.41, 5.74) is -0.424. The van der Waals surface area contributed by atoms with Gasteiger partial charge in [-0.1, -0.05) is 0 Å². The average Bonchev–Trinajstić information content (AvgIpc) is 2.45. The van der Waals surface area contributed by atoms with Gasteiger partial charge in [0.1, 0.15) is 12.2 Å². The van der Waals surface area contributed by atoms with Crippen LogP contribution in [0.15, 0.2) is 0 Å². The third-order valence-electron chi connectivity index (χ3n) is 2.21. The third-order valence-corrected chi connectivity index (χ3v) is 2.21. The van der Waals surface area contributed by atoms with Crippen LogP contribution in [0.5, 0.6) is 0 Å². The van der Waals surface area contributed by atoms with Crippen molar-refractivity contribution in [1.29, 1.82) is 0 Å².